The van der Waals surface area contributed by atoms with Crippen LogP contribution in [-0.4, -0.2) is 59.6 Å². The molecule has 12 nitrogen and oxygen atoms in total. The number of hydrogen-bond acceptors (Lipinski definition) is 8. The molecule has 0 aliphatic carbocycles. The van der Waals surface area contributed by atoms with Gasteiger partial charge in [0.05, 0.1) is 28.8 Å². The van der Waals surface area contributed by atoms with Crippen LogP contribution in [0, 0.1) is 32.0 Å². The summed E-state index contributed by atoms with van der Waals surface area (Å²) in [5, 5.41) is 11.9. The maximum atomic E-state index is 15.1. The van der Waals surface area contributed by atoms with Crippen LogP contribution in [0.5, 0.6) is 0 Å². The van der Waals surface area contributed by atoms with Crippen molar-refractivity contribution >= 4 is 44.4 Å². The normalized spacial score (nSPS) is 11.9. The van der Waals surface area contributed by atoms with Gasteiger partial charge in [0.25, 0.3) is 11.5 Å². The minimum absolute atomic E-state index is 0.0643. The first kappa shape index (κ1) is 30.8. The molecule has 0 saturated heterocycles. The summed E-state index contributed by atoms with van der Waals surface area (Å²) < 4.78 is 40.5. The highest BCUT2D eigenvalue weighted by Crippen LogP contribution is 2.24. The van der Waals surface area contributed by atoms with Crippen molar-refractivity contribution in [2.45, 2.75) is 39.8 Å². The number of aromatic nitrogens is 2. The van der Waals surface area contributed by atoms with Crippen LogP contribution in [0.4, 0.5) is 10.1 Å². The van der Waals surface area contributed by atoms with Gasteiger partial charge in [-0.25, -0.2) is 22.6 Å². The van der Waals surface area contributed by atoms with Gasteiger partial charge in [-0.3, -0.25) is 19.1 Å². The second kappa shape index (κ2) is 12.6. The molecule has 216 valence electrons. The number of carbonyl (C=O) groups excluding carboxylic acids is 2. The number of aryl methyl sites for hydroxylation is 2. The van der Waals surface area contributed by atoms with E-state index in [9.17, 15) is 32.7 Å². The maximum absolute atomic E-state index is 15.1. The van der Waals surface area contributed by atoms with E-state index in [0.717, 1.165) is 30.2 Å². The minimum atomic E-state index is -4.12. The first-order valence-corrected chi connectivity index (χ1v) is 13.9. The molecule has 1 aromatic heterocycles. The Morgan fingerprint density at radius 1 is 1.22 bits per heavy atom. The third-order valence-electron chi connectivity index (χ3n) is 6.07. The van der Waals surface area contributed by atoms with Crippen LogP contribution in [0.25, 0.3) is 10.9 Å². The number of fused-ring (bicyclic) bond motifs is 1. The average Bonchev–Trinajstić information content (AvgIpc) is 2.85. The van der Waals surface area contributed by atoms with Gasteiger partial charge in [0.2, 0.25) is 15.9 Å². The van der Waals surface area contributed by atoms with Crippen molar-refractivity contribution in [2.75, 3.05) is 17.2 Å². The topological polar surface area (TPSA) is 179 Å². The van der Waals surface area contributed by atoms with Crippen molar-refractivity contribution in [3.63, 3.8) is 0 Å². The Kier molecular flexibility index (Phi) is 9.46. The van der Waals surface area contributed by atoms with Gasteiger partial charge >= 0.3 is 5.97 Å². The van der Waals surface area contributed by atoms with Gasteiger partial charge in [0.1, 0.15) is 17.7 Å². The van der Waals surface area contributed by atoms with Crippen molar-refractivity contribution < 1.29 is 32.3 Å². The molecule has 0 unspecified atom stereocenters. The van der Waals surface area contributed by atoms with E-state index in [4.69, 9.17) is 6.42 Å². The Bertz CT molecular complexity index is 1730. The fourth-order valence-electron chi connectivity index (χ4n) is 4.10. The molecule has 2 amide bonds. The highest BCUT2D eigenvalue weighted by Gasteiger charge is 2.25. The summed E-state index contributed by atoms with van der Waals surface area (Å²) in [7, 11) is -4.12. The van der Waals surface area contributed by atoms with Crippen molar-refractivity contribution in [1.29, 1.82) is 0 Å². The quantitative estimate of drug-likeness (QED) is 0.242. The van der Waals surface area contributed by atoms with Gasteiger partial charge in [0.15, 0.2) is 0 Å². The number of nitrogens with zero attached hydrogens (tertiary/aromatic N) is 2. The number of H-pyrrole nitrogens is 1. The predicted octanol–water partition coefficient (Wildman–Crippen LogP) is 1.36. The second-order valence-corrected chi connectivity index (χ2v) is 11.1. The molecule has 0 saturated carbocycles. The van der Waals surface area contributed by atoms with E-state index in [1.165, 1.54) is 6.07 Å². The molecule has 4 N–H and O–H groups in total. The van der Waals surface area contributed by atoms with E-state index in [2.05, 4.69) is 21.2 Å². The van der Waals surface area contributed by atoms with E-state index in [1.807, 2.05) is 6.92 Å². The number of carboxylic acids is 1. The molecule has 0 fully saturated rings. The van der Waals surface area contributed by atoms with Gasteiger partial charge in [0, 0.05) is 19.2 Å². The fourth-order valence-corrected chi connectivity index (χ4v) is 5.18. The molecule has 1 heterocycles. The van der Waals surface area contributed by atoms with Gasteiger partial charge < -0.3 is 20.3 Å². The van der Waals surface area contributed by atoms with Gasteiger partial charge in [-0.05, 0) is 61.7 Å². The summed E-state index contributed by atoms with van der Waals surface area (Å²) in [4.78, 5) is 56.4. The summed E-state index contributed by atoms with van der Waals surface area (Å²) in [6.45, 7) is 4.77. The number of anilines is 1. The van der Waals surface area contributed by atoms with E-state index in [0.29, 0.717) is 22.4 Å². The molecule has 0 bridgehead atoms. The van der Waals surface area contributed by atoms with Gasteiger partial charge in [-0.1, -0.05) is 5.92 Å². The summed E-state index contributed by atoms with van der Waals surface area (Å²) in [6, 6.07) is 5.45. The zero-order valence-corrected chi connectivity index (χ0v) is 23.3. The lowest BCUT2D eigenvalue weighted by Crippen LogP contribution is -2.43. The molecular formula is C27H28FN5O7S. The Hall–Kier alpha value is -4.77. The molecule has 2 aromatic carbocycles. The molecule has 0 aliphatic rings. The summed E-state index contributed by atoms with van der Waals surface area (Å²) in [5.41, 5.74) is 1.65. The molecule has 0 spiro atoms. The lowest BCUT2D eigenvalue weighted by Gasteiger charge is -2.24. The largest absolute Gasteiger partial charge is 0.480 e. The third kappa shape index (κ3) is 7.89. The number of sulfonamides is 1. The highest BCUT2D eigenvalue weighted by atomic mass is 32.2. The third-order valence-corrected chi connectivity index (χ3v) is 7.44. The first-order valence-electron chi connectivity index (χ1n) is 12.2. The standard InChI is InChI=1S/C27H28FN5O7S/c1-5-9-33(14-18-12-21-24(11-15(18)2)29-16(3)30-26(21)36)19-6-7-20(22(28)13-19)25(35)31-23(27(37)38)8-10-41(39,40)32-17(4)34/h1,6-7,11-13,23H,8-10,14H2,2-4H3,(H,31,35)(H,32,34)(H,37,38)(H,29,30,36)/t23-/m0/s1. The monoisotopic (exact) mass is 585 g/mol. The predicted molar refractivity (Wildman–Crippen MR) is 149 cm³/mol. The Morgan fingerprint density at radius 3 is 2.54 bits per heavy atom. The molecule has 0 radical (unpaired) electrons. The molecule has 1 atom stereocenters. The van der Waals surface area contributed by atoms with Crippen molar-refractivity contribution in [2.24, 2.45) is 0 Å². The molecule has 14 heteroatoms. The van der Waals surface area contributed by atoms with Crippen LogP contribution in [0.1, 0.15) is 40.7 Å². The molecule has 3 rings (SSSR count). The maximum Gasteiger partial charge on any atom is 0.326 e. The first-order chi connectivity index (χ1) is 19.2. The number of aliphatic carboxylic acids is 1. The Labute approximate surface area is 235 Å². The van der Waals surface area contributed by atoms with Crippen LogP contribution in [0.3, 0.4) is 0 Å². The number of amides is 2. The number of aromatic amines is 1. The number of rotatable bonds is 11. The molecule has 41 heavy (non-hydrogen) atoms. The van der Waals surface area contributed by atoms with E-state index < -0.39 is 57.4 Å². The van der Waals surface area contributed by atoms with E-state index in [1.54, 1.807) is 28.7 Å². The van der Waals surface area contributed by atoms with Crippen LogP contribution in [0.15, 0.2) is 35.1 Å². The lowest BCUT2D eigenvalue weighted by molar-refractivity contribution is -0.139. The fraction of sp³-hybridized carbons (Fsp3) is 0.296. The van der Waals surface area contributed by atoms with E-state index in [-0.39, 0.29) is 18.6 Å². The summed E-state index contributed by atoms with van der Waals surface area (Å²) in [6.07, 6.45) is 4.97. The van der Waals surface area contributed by atoms with Crippen LogP contribution >= 0.6 is 0 Å². The summed E-state index contributed by atoms with van der Waals surface area (Å²) in [5.74, 6) is -2.21. The van der Waals surface area contributed by atoms with E-state index >= 15 is 4.39 Å². The number of carbonyl (C=O) groups is 3. The van der Waals surface area contributed by atoms with Crippen LogP contribution in [-0.2, 0) is 26.2 Å². The second-order valence-electron chi connectivity index (χ2n) is 9.30. The molecular weight excluding hydrogens is 557 g/mol. The number of benzene rings is 2. The number of nitrogens with one attached hydrogen (secondary N) is 3. The molecule has 0 aliphatic heterocycles. The highest BCUT2D eigenvalue weighted by molar-refractivity contribution is 7.90. The molecule has 3 aromatic rings. The zero-order valence-electron chi connectivity index (χ0n) is 22.4. The number of hydrogen-bond donors (Lipinski definition) is 4. The van der Waals surface area contributed by atoms with Crippen molar-refractivity contribution in [3.8, 4) is 12.3 Å². The summed E-state index contributed by atoms with van der Waals surface area (Å²) >= 11 is 0. The Balaban J connectivity index is 1.82. The minimum Gasteiger partial charge on any atom is -0.480 e. The van der Waals surface area contributed by atoms with Gasteiger partial charge in [-0.15, -0.1) is 6.42 Å². The number of terminal acetylenes is 1. The van der Waals surface area contributed by atoms with Gasteiger partial charge in [-0.2, -0.15) is 0 Å². The smallest absolute Gasteiger partial charge is 0.326 e. The van der Waals surface area contributed by atoms with Crippen LogP contribution < -0.4 is 20.5 Å². The van der Waals surface area contributed by atoms with Crippen molar-refractivity contribution in [3.05, 3.63) is 69.0 Å². The Morgan fingerprint density at radius 2 is 1.93 bits per heavy atom. The number of carboxylic acid groups (broad SMARTS) is 1. The average molecular weight is 586 g/mol. The lowest BCUT2D eigenvalue weighted by atomic mass is 10.0. The SMILES string of the molecule is C#CCN(Cc1cc2c(=O)[nH]c(C)nc2cc1C)c1ccc(C(=O)N[C@@H](CCS(=O)(=O)NC(C)=O)C(=O)O)c(F)c1. The van der Waals surface area contributed by atoms with Crippen molar-refractivity contribution in [1.82, 2.24) is 20.0 Å². The van der Waals surface area contributed by atoms with Crippen LogP contribution in [0.2, 0.25) is 0 Å². The number of halogens is 1. The zero-order chi connectivity index (χ0) is 30.5.